The molecule has 1 atom stereocenters. The molecular weight excluding hydrogens is 440 g/mol. The van der Waals surface area contributed by atoms with Gasteiger partial charge in [-0.25, -0.2) is 9.78 Å². The number of carboxylic acid groups (broad SMARTS) is 1. The lowest BCUT2D eigenvalue weighted by molar-refractivity contribution is -0.158. The zero-order valence-corrected chi connectivity index (χ0v) is 18.3. The molecule has 176 valence electrons. The van der Waals surface area contributed by atoms with Gasteiger partial charge in [-0.1, -0.05) is 67.6 Å². The molecule has 0 aliphatic rings. The van der Waals surface area contributed by atoms with Crippen molar-refractivity contribution in [3.63, 3.8) is 0 Å². The number of aliphatic carboxylic acids is 1. The topological polar surface area (TPSA) is 161 Å². The number of amides is 2. The maximum absolute atomic E-state index is 12.9. The molecule has 0 aliphatic heterocycles. The molecule has 0 spiro atoms. The van der Waals surface area contributed by atoms with E-state index < -0.39 is 47.4 Å². The van der Waals surface area contributed by atoms with Crippen LogP contribution in [0.3, 0.4) is 0 Å². The molecule has 0 saturated heterocycles. The van der Waals surface area contributed by atoms with E-state index in [9.17, 15) is 24.3 Å². The van der Waals surface area contributed by atoms with Gasteiger partial charge >= 0.3 is 5.97 Å². The van der Waals surface area contributed by atoms with Crippen molar-refractivity contribution in [2.45, 2.75) is 25.0 Å². The van der Waals surface area contributed by atoms with Crippen molar-refractivity contribution >= 4 is 17.8 Å². The summed E-state index contributed by atoms with van der Waals surface area (Å²) < 4.78 is 0. The minimum Gasteiger partial charge on any atom is -0.479 e. The normalized spacial score (nSPS) is 12.6. The van der Waals surface area contributed by atoms with Crippen molar-refractivity contribution in [3.05, 3.63) is 99.7 Å². The van der Waals surface area contributed by atoms with E-state index in [2.05, 4.69) is 20.6 Å². The van der Waals surface area contributed by atoms with E-state index in [1.54, 1.807) is 0 Å². The van der Waals surface area contributed by atoms with E-state index in [0.717, 1.165) is 17.3 Å². The zero-order chi connectivity index (χ0) is 24.7. The predicted octanol–water partition coefficient (Wildman–Crippen LogP) is 1.24. The highest BCUT2D eigenvalue weighted by Gasteiger charge is 2.34. The van der Waals surface area contributed by atoms with Crippen LogP contribution in [0.4, 0.5) is 0 Å². The number of benzene rings is 2. The van der Waals surface area contributed by atoms with Crippen LogP contribution in [-0.2, 0) is 4.79 Å². The quantitative estimate of drug-likeness (QED) is 0.318. The van der Waals surface area contributed by atoms with Crippen LogP contribution >= 0.6 is 0 Å². The van der Waals surface area contributed by atoms with Crippen molar-refractivity contribution in [3.8, 4) is 0 Å². The van der Waals surface area contributed by atoms with Gasteiger partial charge in [-0.2, -0.15) is 0 Å². The van der Waals surface area contributed by atoms with Crippen LogP contribution in [0, 0.1) is 0 Å². The lowest BCUT2D eigenvalue weighted by Crippen LogP contribution is -2.49. The van der Waals surface area contributed by atoms with Gasteiger partial charge in [-0.05, 0) is 17.5 Å². The Labute approximate surface area is 194 Å². The molecule has 3 rings (SSSR count). The van der Waals surface area contributed by atoms with Gasteiger partial charge < -0.3 is 25.8 Å². The zero-order valence-electron chi connectivity index (χ0n) is 18.3. The molecular formula is C24H24N4O6. The number of hydrogen-bond donors (Lipinski definition) is 5. The Morgan fingerprint density at radius 3 is 2.03 bits per heavy atom. The first-order chi connectivity index (χ1) is 16.2. The highest BCUT2D eigenvalue weighted by Crippen LogP contribution is 2.22. The minimum absolute atomic E-state index is 0.143. The number of rotatable bonds is 9. The first kappa shape index (κ1) is 24.3. The number of carbonyl (C=O) groups excluding carboxylic acids is 2. The monoisotopic (exact) mass is 464 g/mol. The van der Waals surface area contributed by atoms with Crippen molar-refractivity contribution in [1.29, 1.82) is 0 Å². The van der Waals surface area contributed by atoms with Gasteiger partial charge in [0.15, 0.2) is 11.4 Å². The summed E-state index contributed by atoms with van der Waals surface area (Å²) in [6, 6.07) is 17.9. The second-order valence-electron chi connectivity index (χ2n) is 7.58. The number of hydrogen-bond acceptors (Lipinski definition) is 6. The molecule has 34 heavy (non-hydrogen) atoms. The Balaban J connectivity index is 1.78. The second kappa shape index (κ2) is 10.5. The van der Waals surface area contributed by atoms with Crippen LogP contribution in [0.25, 0.3) is 0 Å². The largest absolute Gasteiger partial charge is 0.479 e. The average molecular weight is 464 g/mol. The Kier molecular flexibility index (Phi) is 7.54. The van der Waals surface area contributed by atoms with E-state index in [4.69, 9.17) is 5.11 Å². The molecule has 2 aromatic carbocycles. The third kappa shape index (κ3) is 5.54. The Morgan fingerprint density at radius 1 is 1.00 bits per heavy atom. The summed E-state index contributed by atoms with van der Waals surface area (Å²) in [4.78, 5) is 54.9. The first-order valence-electron chi connectivity index (χ1n) is 10.5. The van der Waals surface area contributed by atoms with Gasteiger partial charge in [0.25, 0.3) is 17.4 Å². The fraction of sp³-hybridized carbons (Fsp3) is 0.208. The predicted molar refractivity (Wildman–Crippen MR) is 122 cm³/mol. The number of aliphatic hydroxyl groups is 1. The molecule has 10 nitrogen and oxygen atoms in total. The van der Waals surface area contributed by atoms with Gasteiger partial charge in [0.05, 0.1) is 12.6 Å². The highest BCUT2D eigenvalue weighted by atomic mass is 16.4. The van der Waals surface area contributed by atoms with Gasteiger partial charge in [0.1, 0.15) is 5.56 Å². The molecule has 1 unspecified atom stereocenters. The molecule has 0 fully saturated rings. The highest BCUT2D eigenvalue weighted by molar-refractivity contribution is 5.95. The summed E-state index contributed by atoms with van der Waals surface area (Å²) in [6.07, 6.45) is 0.828. The summed E-state index contributed by atoms with van der Waals surface area (Å²) >= 11 is 0. The molecule has 10 heteroatoms. The molecule has 2 amide bonds. The summed E-state index contributed by atoms with van der Waals surface area (Å²) in [5.41, 5.74) is -1.68. The number of aromatic amines is 1. The van der Waals surface area contributed by atoms with Crippen molar-refractivity contribution in [1.82, 2.24) is 20.6 Å². The third-order valence-electron chi connectivity index (χ3n) is 5.32. The van der Waals surface area contributed by atoms with Gasteiger partial charge in [-0.15, -0.1) is 0 Å². The van der Waals surface area contributed by atoms with Gasteiger partial charge in [0.2, 0.25) is 0 Å². The molecule has 0 radical (unpaired) electrons. The summed E-state index contributed by atoms with van der Waals surface area (Å²) in [7, 11) is 0. The van der Waals surface area contributed by atoms with Crippen LogP contribution in [0.15, 0.2) is 71.7 Å². The summed E-state index contributed by atoms with van der Waals surface area (Å²) in [5.74, 6) is -3.50. The second-order valence-corrected chi connectivity index (χ2v) is 7.58. The number of nitrogens with zero attached hydrogens (tertiary/aromatic N) is 1. The SMILES string of the molecule is CCC(O)(CNC(=O)c1ncc(C(=O)NC(c2ccccc2)c2ccccc2)c(=O)[nH]1)C(=O)O. The molecule has 3 aromatic rings. The maximum atomic E-state index is 12.9. The third-order valence-corrected chi connectivity index (χ3v) is 5.32. The Morgan fingerprint density at radius 2 is 1.56 bits per heavy atom. The number of carbonyl (C=O) groups is 3. The van der Waals surface area contributed by atoms with E-state index in [1.807, 2.05) is 60.7 Å². The lowest BCUT2D eigenvalue weighted by atomic mass is 9.98. The number of H-pyrrole nitrogens is 1. The lowest BCUT2D eigenvalue weighted by Gasteiger charge is -2.21. The molecule has 5 N–H and O–H groups in total. The Bertz CT molecular complexity index is 1190. The van der Waals surface area contributed by atoms with Crippen molar-refractivity contribution < 1.29 is 24.6 Å². The fourth-order valence-electron chi connectivity index (χ4n) is 3.19. The number of aromatic nitrogens is 2. The van der Waals surface area contributed by atoms with Crippen molar-refractivity contribution in [2.24, 2.45) is 0 Å². The number of carboxylic acids is 1. The van der Waals surface area contributed by atoms with Gasteiger partial charge in [0, 0.05) is 6.20 Å². The minimum atomic E-state index is -2.15. The molecule has 1 heterocycles. The van der Waals surface area contributed by atoms with Crippen LogP contribution in [0.5, 0.6) is 0 Å². The molecule has 0 aliphatic carbocycles. The summed E-state index contributed by atoms with van der Waals surface area (Å²) in [6.45, 7) is 0.866. The number of nitrogens with one attached hydrogen (secondary N) is 3. The molecule has 0 bridgehead atoms. The molecule has 1 aromatic heterocycles. The fourth-order valence-corrected chi connectivity index (χ4v) is 3.19. The standard InChI is InChI=1S/C24H24N4O6/c1-2-24(34,23(32)33)14-26-22(31)19-25-13-17(21(30)28-19)20(29)27-18(15-9-5-3-6-10-15)16-11-7-4-8-12-16/h3-13,18,34H,2,14H2,1H3,(H,26,31)(H,27,29)(H,32,33)(H,25,28,30). The smallest absolute Gasteiger partial charge is 0.337 e. The molecule has 0 saturated carbocycles. The summed E-state index contributed by atoms with van der Waals surface area (Å²) in [5, 5.41) is 24.1. The Hall–Kier alpha value is -4.31. The van der Waals surface area contributed by atoms with E-state index in [-0.39, 0.29) is 12.0 Å². The van der Waals surface area contributed by atoms with E-state index in [1.165, 1.54) is 6.92 Å². The van der Waals surface area contributed by atoms with Crippen LogP contribution < -0.4 is 16.2 Å². The van der Waals surface area contributed by atoms with E-state index >= 15 is 0 Å². The van der Waals surface area contributed by atoms with E-state index in [0.29, 0.717) is 0 Å². The van der Waals surface area contributed by atoms with Crippen molar-refractivity contribution in [2.75, 3.05) is 6.54 Å². The first-order valence-corrected chi connectivity index (χ1v) is 10.5. The van der Waals surface area contributed by atoms with Crippen LogP contribution in [0.2, 0.25) is 0 Å². The maximum Gasteiger partial charge on any atom is 0.337 e. The van der Waals surface area contributed by atoms with Crippen LogP contribution in [0.1, 0.15) is 51.5 Å². The van der Waals surface area contributed by atoms with Crippen LogP contribution in [-0.4, -0.2) is 50.1 Å². The average Bonchev–Trinajstić information content (AvgIpc) is 2.86. The van der Waals surface area contributed by atoms with Gasteiger partial charge in [-0.3, -0.25) is 14.4 Å².